The molecule has 0 saturated heterocycles. The molecule has 0 aromatic rings. The van der Waals surface area contributed by atoms with Crippen molar-refractivity contribution >= 4 is 5.97 Å². The summed E-state index contributed by atoms with van der Waals surface area (Å²) in [5.41, 5.74) is 0. The van der Waals surface area contributed by atoms with Crippen molar-refractivity contribution in [3.05, 3.63) is 0 Å². The van der Waals surface area contributed by atoms with E-state index in [0.717, 1.165) is 12.3 Å². The molecule has 0 heterocycles. The Morgan fingerprint density at radius 3 is 2.67 bits per heavy atom. The van der Waals surface area contributed by atoms with Gasteiger partial charge in [0, 0.05) is 0 Å². The van der Waals surface area contributed by atoms with Crippen LogP contribution in [0.5, 0.6) is 0 Å². The number of aliphatic carboxylic acids is 1. The van der Waals surface area contributed by atoms with Crippen LogP contribution >= 0.6 is 0 Å². The molecule has 1 fully saturated rings. The van der Waals surface area contributed by atoms with Crippen LogP contribution in [-0.4, -0.2) is 11.1 Å². The molecule has 1 aliphatic rings. The molecule has 1 saturated carbocycles. The maximum atomic E-state index is 10.6. The summed E-state index contributed by atoms with van der Waals surface area (Å²) >= 11 is 0. The van der Waals surface area contributed by atoms with Crippen molar-refractivity contribution in [2.75, 3.05) is 0 Å². The fraction of sp³-hybridized carbons (Fsp3) is 0.900. The second-order valence-electron chi connectivity index (χ2n) is 4.14. The minimum atomic E-state index is -0.644. The molecule has 12 heavy (non-hydrogen) atoms. The molecule has 1 rings (SSSR count). The van der Waals surface area contributed by atoms with Gasteiger partial charge < -0.3 is 5.11 Å². The molecule has 0 bridgehead atoms. The second-order valence-corrected chi connectivity index (χ2v) is 4.14. The first-order valence-corrected chi connectivity index (χ1v) is 4.84. The van der Waals surface area contributed by atoms with Crippen LogP contribution in [-0.2, 0) is 4.79 Å². The molecule has 2 heteroatoms. The van der Waals surface area contributed by atoms with E-state index < -0.39 is 5.97 Å². The fourth-order valence-corrected chi connectivity index (χ4v) is 2.13. The lowest BCUT2D eigenvalue weighted by Crippen LogP contribution is -2.16. The molecule has 3 atom stereocenters. The van der Waals surface area contributed by atoms with Gasteiger partial charge in [-0.15, -0.1) is 0 Å². The zero-order valence-corrected chi connectivity index (χ0v) is 7.92. The summed E-state index contributed by atoms with van der Waals surface area (Å²) < 4.78 is 0. The van der Waals surface area contributed by atoms with Gasteiger partial charge in [0.2, 0.25) is 0 Å². The molecule has 1 aliphatic carbocycles. The molecule has 1 N–H and O–H groups in total. The van der Waals surface area contributed by atoms with Crippen LogP contribution in [0.15, 0.2) is 0 Å². The van der Waals surface area contributed by atoms with Crippen LogP contribution in [0.3, 0.4) is 0 Å². The van der Waals surface area contributed by atoms with E-state index in [2.05, 4.69) is 6.92 Å². The van der Waals surface area contributed by atoms with E-state index >= 15 is 0 Å². The van der Waals surface area contributed by atoms with Crippen LogP contribution in [0, 0.1) is 17.8 Å². The van der Waals surface area contributed by atoms with E-state index in [1.54, 1.807) is 0 Å². The molecule has 0 aliphatic heterocycles. The molecular weight excluding hydrogens is 152 g/mol. The maximum absolute atomic E-state index is 10.6. The standard InChI is InChI=1S/C10H18O2/c1-7-4-3-5-9(7)6-8(2)10(11)12/h7-9H,3-6H2,1-2H3,(H,11,12). The van der Waals surface area contributed by atoms with Gasteiger partial charge >= 0.3 is 5.97 Å². The minimum Gasteiger partial charge on any atom is -0.481 e. The zero-order valence-electron chi connectivity index (χ0n) is 7.92. The summed E-state index contributed by atoms with van der Waals surface area (Å²) in [6.45, 7) is 4.06. The summed E-state index contributed by atoms with van der Waals surface area (Å²) in [6.07, 6.45) is 4.68. The highest BCUT2D eigenvalue weighted by molar-refractivity contribution is 5.69. The van der Waals surface area contributed by atoms with E-state index in [0.29, 0.717) is 5.92 Å². The lowest BCUT2D eigenvalue weighted by molar-refractivity contribution is -0.141. The summed E-state index contributed by atoms with van der Waals surface area (Å²) in [7, 11) is 0. The highest BCUT2D eigenvalue weighted by Gasteiger charge is 2.26. The molecule has 0 amide bonds. The summed E-state index contributed by atoms with van der Waals surface area (Å²) in [5, 5.41) is 8.73. The third-order valence-electron chi connectivity index (χ3n) is 3.12. The Balaban J connectivity index is 2.35. The molecular formula is C10H18O2. The first kappa shape index (κ1) is 9.56. The van der Waals surface area contributed by atoms with Crippen molar-refractivity contribution in [3.63, 3.8) is 0 Å². The summed E-state index contributed by atoms with van der Waals surface area (Å²) in [5.74, 6) is 0.604. The Labute approximate surface area is 74.0 Å². The van der Waals surface area contributed by atoms with Gasteiger partial charge in [0.1, 0.15) is 0 Å². The number of carbonyl (C=O) groups is 1. The Morgan fingerprint density at radius 1 is 1.58 bits per heavy atom. The van der Waals surface area contributed by atoms with Crippen LogP contribution in [0.25, 0.3) is 0 Å². The van der Waals surface area contributed by atoms with E-state index in [9.17, 15) is 4.79 Å². The minimum absolute atomic E-state index is 0.157. The average Bonchev–Trinajstić information content (AvgIpc) is 2.36. The molecule has 0 radical (unpaired) electrons. The third kappa shape index (κ3) is 2.23. The first-order valence-electron chi connectivity index (χ1n) is 4.84. The highest BCUT2D eigenvalue weighted by Crippen LogP contribution is 2.35. The summed E-state index contributed by atoms with van der Waals surface area (Å²) in [6, 6.07) is 0. The Hall–Kier alpha value is -0.530. The Bertz CT molecular complexity index is 165. The lowest BCUT2D eigenvalue weighted by atomic mass is 9.89. The number of hydrogen-bond acceptors (Lipinski definition) is 1. The van der Waals surface area contributed by atoms with Gasteiger partial charge in [-0.3, -0.25) is 4.79 Å². The molecule has 3 unspecified atom stereocenters. The smallest absolute Gasteiger partial charge is 0.306 e. The van der Waals surface area contributed by atoms with Crippen molar-refractivity contribution in [3.8, 4) is 0 Å². The number of hydrogen-bond donors (Lipinski definition) is 1. The van der Waals surface area contributed by atoms with Crippen molar-refractivity contribution in [2.45, 2.75) is 39.5 Å². The Kier molecular flexibility index (Phi) is 3.12. The normalized spacial score (nSPS) is 31.8. The Morgan fingerprint density at radius 2 is 2.25 bits per heavy atom. The van der Waals surface area contributed by atoms with Crippen molar-refractivity contribution in [1.82, 2.24) is 0 Å². The van der Waals surface area contributed by atoms with E-state index in [1.807, 2.05) is 6.92 Å². The number of carboxylic acids is 1. The predicted octanol–water partition coefficient (Wildman–Crippen LogP) is 2.53. The monoisotopic (exact) mass is 170 g/mol. The topological polar surface area (TPSA) is 37.3 Å². The quantitative estimate of drug-likeness (QED) is 0.706. The van der Waals surface area contributed by atoms with Gasteiger partial charge in [-0.25, -0.2) is 0 Å². The molecule has 0 aromatic carbocycles. The molecule has 0 aromatic heterocycles. The SMILES string of the molecule is CC(CC1CCCC1C)C(=O)O. The average molecular weight is 170 g/mol. The lowest BCUT2D eigenvalue weighted by Gasteiger charge is -2.17. The van der Waals surface area contributed by atoms with Crippen molar-refractivity contribution < 1.29 is 9.90 Å². The zero-order chi connectivity index (χ0) is 9.14. The van der Waals surface area contributed by atoms with Crippen molar-refractivity contribution in [1.29, 1.82) is 0 Å². The van der Waals surface area contributed by atoms with Gasteiger partial charge in [-0.2, -0.15) is 0 Å². The van der Waals surface area contributed by atoms with Crippen LogP contribution in [0.2, 0.25) is 0 Å². The third-order valence-corrected chi connectivity index (χ3v) is 3.12. The molecule has 70 valence electrons. The van der Waals surface area contributed by atoms with Gasteiger partial charge in [0.25, 0.3) is 0 Å². The predicted molar refractivity (Wildman–Crippen MR) is 47.9 cm³/mol. The largest absolute Gasteiger partial charge is 0.481 e. The van der Waals surface area contributed by atoms with Crippen LogP contribution in [0.4, 0.5) is 0 Å². The fourth-order valence-electron chi connectivity index (χ4n) is 2.13. The highest BCUT2D eigenvalue weighted by atomic mass is 16.4. The van der Waals surface area contributed by atoms with Gasteiger partial charge in [0.05, 0.1) is 5.92 Å². The maximum Gasteiger partial charge on any atom is 0.306 e. The molecule has 0 spiro atoms. The summed E-state index contributed by atoms with van der Waals surface area (Å²) in [4.78, 5) is 10.6. The number of carboxylic acid groups (broad SMARTS) is 1. The van der Waals surface area contributed by atoms with Gasteiger partial charge in [-0.05, 0) is 18.3 Å². The van der Waals surface area contributed by atoms with Gasteiger partial charge in [-0.1, -0.05) is 33.1 Å². The van der Waals surface area contributed by atoms with E-state index in [-0.39, 0.29) is 5.92 Å². The first-order chi connectivity index (χ1) is 5.61. The molecule has 2 nitrogen and oxygen atoms in total. The van der Waals surface area contributed by atoms with E-state index in [1.165, 1.54) is 19.3 Å². The van der Waals surface area contributed by atoms with Crippen LogP contribution in [0.1, 0.15) is 39.5 Å². The van der Waals surface area contributed by atoms with E-state index in [4.69, 9.17) is 5.11 Å². The second kappa shape index (κ2) is 3.92. The van der Waals surface area contributed by atoms with Crippen molar-refractivity contribution in [2.24, 2.45) is 17.8 Å². The number of rotatable bonds is 3. The van der Waals surface area contributed by atoms with Crippen LogP contribution < -0.4 is 0 Å². The van der Waals surface area contributed by atoms with Gasteiger partial charge in [0.15, 0.2) is 0 Å².